The molecule has 0 unspecified atom stereocenters. The maximum Gasteiger partial charge on any atom is 0.135 e. The van der Waals surface area contributed by atoms with Crippen LogP contribution in [0, 0.1) is 22.7 Å². The van der Waals surface area contributed by atoms with Crippen molar-refractivity contribution in [2.45, 2.75) is 39.5 Å². The molecule has 2 nitrogen and oxygen atoms in total. The quantitative estimate of drug-likeness (QED) is 0.641. The fourth-order valence-corrected chi connectivity index (χ4v) is 1.22. The summed E-state index contributed by atoms with van der Waals surface area (Å²) in [7, 11) is 0. The fraction of sp³-hybridized carbons (Fsp3) is 0.800. The van der Waals surface area contributed by atoms with Crippen molar-refractivity contribution in [1.29, 1.82) is 5.26 Å². The first-order valence-electron chi connectivity index (χ1n) is 4.54. The number of nitriles is 1. The first-order valence-corrected chi connectivity index (χ1v) is 4.54. The molecule has 0 amide bonds. The van der Waals surface area contributed by atoms with Gasteiger partial charge in [0.05, 0.1) is 11.5 Å². The standard InChI is InChI=1S/C10H15NO/c1-8(2)9(12)3-4-10(7-11)5-6-10/h8H,3-6H2,1-2H3. The van der Waals surface area contributed by atoms with Crippen LogP contribution >= 0.6 is 0 Å². The summed E-state index contributed by atoms with van der Waals surface area (Å²) in [5.41, 5.74) is -0.107. The lowest BCUT2D eigenvalue weighted by Crippen LogP contribution is -2.09. The van der Waals surface area contributed by atoms with Gasteiger partial charge in [0.2, 0.25) is 0 Å². The van der Waals surface area contributed by atoms with E-state index in [0.29, 0.717) is 6.42 Å². The number of rotatable bonds is 4. The molecule has 1 saturated carbocycles. The second-order valence-electron chi connectivity index (χ2n) is 4.01. The van der Waals surface area contributed by atoms with Crippen LogP contribution in [-0.2, 0) is 4.79 Å². The normalized spacial score (nSPS) is 18.8. The number of hydrogen-bond donors (Lipinski definition) is 0. The zero-order chi connectivity index (χ0) is 9.19. The summed E-state index contributed by atoms with van der Waals surface area (Å²) in [5.74, 6) is 0.413. The molecular weight excluding hydrogens is 150 g/mol. The topological polar surface area (TPSA) is 40.9 Å². The molecule has 0 atom stereocenters. The van der Waals surface area contributed by atoms with Gasteiger partial charge in [-0.05, 0) is 19.3 Å². The Morgan fingerprint density at radius 3 is 2.50 bits per heavy atom. The van der Waals surface area contributed by atoms with Gasteiger partial charge < -0.3 is 0 Å². The lowest BCUT2D eigenvalue weighted by Gasteiger charge is -2.06. The Balaban J connectivity index is 2.27. The molecular formula is C10H15NO. The Labute approximate surface area is 73.6 Å². The van der Waals surface area contributed by atoms with Crippen LogP contribution in [0.2, 0.25) is 0 Å². The largest absolute Gasteiger partial charge is 0.299 e. The lowest BCUT2D eigenvalue weighted by atomic mass is 9.96. The zero-order valence-electron chi connectivity index (χ0n) is 7.76. The van der Waals surface area contributed by atoms with Crippen molar-refractivity contribution in [3.8, 4) is 6.07 Å². The Bertz CT molecular complexity index is 220. The second-order valence-corrected chi connectivity index (χ2v) is 4.01. The highest BCUT2D eigenvalue weighted by molar-refractivity contribution is 5.80. The van der Waals surface area contributed by atoms with Gasteiger partial charge in [0.25, 0.3) is 0 Å². The van der Waals surface area contributed by atoms with E-state index in [2.05, 4.69) is 6.07 Å². The van der Waals surface area contributed by atoms with E-state index in [9.17, 15) is 4.79 Å². The third kappa shape index (κ3) is 2.07. The van der Waals surface area contributed by atoms with Gasteiger partial charge in [0.1, 0.15) is 5.78 Å². The summed E-state index contributed by atoms with van der Waals surface area (Å²) in [5, 5.41) is 8.75. The van der Waals surface area contributed by atoms with Crippen LogP contribution in [0.4, 0.5) is 0 Å². The number of ketones is 1. The van der Waals surface area contributed by atoms with Gasteiger partial charge in [-0.25, -0.2) is 0 Å². The molecule has 0 aromatic heterocycles. The molecule has 0 aromatic rings. The van der Waals surface area contributed by atoms with E-state index in [-0.39, 0.29) is 17.1 Å². The van der Waals surface area contributed by atoms with Crippen LogP contribution in [0.1, 0.15) is 39.5 Å². The highest BCUT2D eigenvalue weighted by Crippen LogP contribution is 2.48. The third-order valence-corrected chi connectivity index (χ3v) is 2.58. The molecule has 66 valence electrons. The molecule has 0 N–H and O–H groups in total. The van der Waals surface area contributed by atoms with Gasteiger partial charge in [0, 0.05) is 12.3 Å². The van der Waals surface area contributed by atoms with Crippen molar-refractivity contribution in [2.75, 3.05) is 0 Å². The summed E-state index contributed by atoms with van der Waals surface area (Å²) >= 11 is 0. The molecule has 1 rings (SSSR count). The number of nitrogens with zero attached hydrogens (tertiary/aromatic N) is 1. The molecule has 12 heavy (non-hydrogen) atoms. The summed E-state index contributed by atoms with van der Waals surface area (Å²) in [6.07, 6.45) is 3.36. The number of carbonyl (C=O) groups excluding carboxylic acids is 1. The molecule has 0 aromatic carbocycles. The first kappa shape index (κ1) is 9.25. The third-order valence-electron chi connectivity index (χ3n) is 2.58. The van der Waals surface area contributed by atoms with Gasteiger partial charge in [-0.2, -0.15) is 5.26 Å². The van der Waals surface area contributed by atoms with Gasteiger partial charge in [-0.3, -0.25) is 4.79 Å². The molecule has 0 saturated heterocycles. The van der Waals surface area contributed by atoms with E-state index < -0.39 is 0 Å². The molecule has 0 aliphatic heterocycles. The predicted octanol–water partition coefficient (Wildman–Crippen LogP) is 2.30. The number of carbonyl (C=O) groups is 1. The molecule has 1 fully saturated rings. The Morgan fingerprint density at radius 1 is 1.58 bits per heavy atom. The van der Waals surface area contributed by atoms with Gasteiger partial charge >= 0.3 is 0 Å². The SMILES string of the molecule is CC(C)C(=O)CCC1(C#N)CC1. The average Bonchev–Trinajstić information content (AvgIpc) is 2.81. The van der Waals surface area contributed by atoms with Crippen molar-refractivity contribution >= 4 is 5.78 Å². The van der Waals surface area contributed by atoms with Crippen LogP contribution in [0.5, 0.6) is 0 Å². The van der Waals surface area contributed by atoms with E-state index in [0.717, 1.165) is 19.3 Å². The predicted molar refractivity (Wildman–Crippen MR) is 46.4 cm³/mol. The van der Waals surface area contributed by atoms with Crippen LogP contribution in [0.3, 0.4) is 0 Å². The van der Waals surface area contributed by atoms with Crippen molar-refractivity contribution in [2.24, 2.45) is 11.3 Å². The summed E-state index contributed by atoms with van der Waals surface area (Å²) in [6, 6.07) is 2.29. The van der Waals surface area contributed by atoms with Crippen LogP contribution in [0.25, 0.3) is 0 Å². The van der Waals surface area contributed by atoms with Crippen molar-refractivity contribution < 1.29 is 4.79 Å². The van der Waals surface area contributed by atoms with Gasteiger partial charge in [-0.15, -0.1) is 0 Å². The number of hydrogen-bond acceptors (Lipinski definition) is 2. The fourth-order valence-electron chi connectivity index (χ4n) is 1.22. The van der Waals surface area contributed by atoms with Crippen LogP contribution < -0.4 is 0 Å². The average molecular weight is 165 g/mol. The van der Waals surface area contributed by atoms with E-state index in [1.165, 1.54) is 0 Å². The van der Waals surface area contributed by atoms with Crippen molar-refractivity contribution in [3.05, 3.63) is 0 Å². The van der Waals surface area contributed by atoms with Gasteiger partial charge in [0.15, 0.2) is 0 Å². The summed E-state index contributed by atoms with van der Waals surface area (Å²) in [6.45, 7) is 3.82. The molecule has 1 aliphatic rings. The van der Waals surface area contributed by atoms with E-state index in [1.54, 1.807) is 0 Å². The van der Waals surface area contributed by atoms with Crippen LogP contribution in [0.15, 0.2) is 0 Å². The molecule has 2 heteroatoms. The van der Waals surface area contributed by atoms with E-state index >= 15 is 0 Å². The van der Waals surface area contributed by atoms with E-state index in [4.69, 9.17) is 5.26 Å². The minimum atomic E-state index is -0.107. The number of Topliss-reactive ketones (excluding diaryl/α,β-unsaturated/α-hetero) is 1. The highest BCUT2D eigenvalue weighted by atomic mass is 16.1. The first-order chi connectivity index (χ1) is 5.59. The monoisotopic (exact) mass is 165 g/mol. The van der Waals surface area contributed by atoms with Crippen LogP contribution in [-0.4, -0.2) is 5.78 Å². The minimum absolute atomic E-state index is 0.107. The zero-order valence-corrected chi connectivity index (χ0v) is 7.76. The molecule has 0 heterocycles. The smallest absolute Gasteiger partial charge is 0.135 e. The summed E-state index contributed by atoms with van der Waals surface area (Å²) < 4.78 is 0. The van der Waals surface area contributed by atoms with Crippen molar-refractivity contribution in [1.82, 2.24) is 0 Å². The van der Waals surface area contributed by atoms with Crippen molar-refractivity contribution in [3.63, 3.8) is 0 Å². The molecule has 0 spiro atoms. The second kappa shape index (κ2) is 3.26. The minimum Gasteiger partial charge on any atom is -0.299 e. The molecule has 1 aliphatic carbocycles. The molecule has 0 bridgehead atoms. The Kier molecular flexibility index (Phi) is 2.52. The maximum absolute atomic E-state index is 11.2. The lowest BCUT2D eigenvalue weighted by molar-refractivity contribution is -0.122. The van der Waals surface area contributed by atoms with E-state index in [1.807, 2.05) is 13.8 Å². The maximum atomic E-state index is 11.2. The molecule has 0 radical (unpaired) electrons. The highest BCUT2D eigenvalue weighted by Gasteiger charge is 2.42. The summed E-state index contributed by atoms with van der Waals surface area (Å²) in [4.78, 5) is 11.2. The Hall–Kier alpha value is -0.840. The Morgan fingerprint density at radius 2 is 2.17 bits per heavy atom. The van der Waals surface area contributed by atoms with Gasteiger partial charge in [-0.1, -0.05) is 13.8 Å².